The van der Waals surface area contributed by atoms with Crippen molar-refractivity contribution in [1.29, 1.82) is 0 Å². The molecule has 0 amide bonds. The summed E-state index contributed by atoms with van der Waals surface area (Å²) in [5.74, 6) is 0.838. The highest BCUT2D eigenvalue weighted by atomic mass is 79.9. The van der Waals surface area contributed by atoms with Crippen molar-refractivity contribution in [2.24, 2.45) is 0 Å². The number of benzene rings is 2. The summed E-state index contributed by atoms with van der Waals surface area (Å²) in [6.07, 6.45) is 3.57. The average Bonchev–Trinajstić information content (AvgIpc) is 2.70. The summed E-state index contributed by atoms with van der Waals surface area (Å²) >= 11 is 9.70. The van der Waals surface area contributed by atoms with Gasteiger partial charge < -0.3 is 14.8 Å². The third kappa shape index (κ3) is 5.22. The van der Waals surface area contributed by atoms with Crippen molar-refractivity contribution in [1.82, 2.24) is 10.3 Å². The smallest absolute Gasteiger partial charge is 0.167 e. The molecular weight excluding hydrogens is 447 g/mol. The number of nitrogens with one attached hydrogen (secondary N) is 1. The molecule has 4 nitrogen and oxygen atoms in total. The van der Waals surface area contributed by atoms with Gasteiger partial charge in [-0.1, -0.05) is 39.7 Å². The fraction of sp³-hybridized carbons (Fsp3) is 0.190. The lowest BCUT2D eigenvalue weighted by Gasteiger charge is -2.17. The Balaban J connectivity index is 1.77. The van der Waals surface area contributed by atoms with Crippen LogP contribution in [0.1, 0.15) is 16.7 Å². The normalized spacial score (nSPS) is 10.7. The predicted molar refractivity (Wildman–Crippen MR) is 111 cm³/mol. The number of nitrogens with zero attached hydrogens (tertiary/aromatic N) is 1. The van der Waals surface area contributed by atoms with Gasteiger partial charge in [0.25, 0.3) is 0 Å². The number of aromatic nitrogens is 1. The average molecular weight is 466 g/mol. The highest BCUT2D eigenvalue weighted by molar-refractivity contribution is 9.10. The second kappa shape index (κ2) is 9.87. The molecule has 0 unspecified atom stereocenters. The van der Waals surface area contributed by atoms with Crippen molar-refractivity contribution in [3.05, 3.63) is 86.9 Å². The zero-order valence-electron chi connectivity index (χ0n) is 15.2. The van der Waals surface area contributed by atoms with E-state index in [-0.39, 0.29) is 12.4 Å². The molecule has 146 valence electrons. The molecule has 1 N–H and O–H groups in total. The van der Waals surface area contributed by atoms with E-state index < -0.39 is 0 Å². The molecule has 0 fully saturated rings. The molecule has 7 heteroatoms. The Kier molecular flexibility index (Phi) is 7.25. The lowest BCUT2D eigenvalue weighted by atomic mass is 10.1. The van der Waals surface area contributed by atoms with Gasteiger partial charge in [-0.2, -0.15) is 0 Å². The van der Waals surface area contributed by atoms with Gasteiger partial charge >= 0.3 is 0 Å². The largest absolute Gasteiger partial charge is 0.493 e. The first-order chi connectivity index (χ1) is 13.6. The van der Waals surface area contributed by atoms with Crippen LogP contribution in [-0.2, 0) is 19.7 Å². The van der Waals surface area contributed by atoms with E-state index in [0.29, 0.717) is 35.2 Å². The molecule has 0 aliphatic heterocycles. The molecule has 0 atom stereocenters. The van der Waals surface area contributed by atoms with Crippen LogP contribution in [0.25, 0.3) is 0 Å². The highest BCUT2D eigenvalue weighted by Crippen LogP contribution is 2.37. The number of ether oxygens (including phenoxy) is 2. The van der Waals surface area contributed by atoms with E-state index in [9.17, 15) is 4.39 Å². The van der Waals surface area contributed by atoms with Crippen LogP contribution in [0.4, 0.5) is 4.39 Å². The summed E-state index contributed by atoms with van der Waals surface area (Å²) in [6, 6.07) is 11.9. The monoisotopic (exact) mass is 464 g/mol. The van der Waals surface area contributed by atoms with Gasteiger partial charge in [0.1, 0.15) is 12.4 Å². The number of hydrogen-bond acceptors (Lipinski definition) is 4. The first-order valence-electron chi connectivity index (χ1n) is 8.60. The molecule has 28 heavy (non-hydrogen) atoms. The van der Waals surface area contributed by atoms with E-state index in [1.165, 1.54) is 12.1 Å². The van der Waals surface area contributed by atoms with Crippen LogP contribution >= 0.6 is 27.5 Å². The maximum absolute atomic E-state index is 13.3. The van der Waals surface area contributed by atoms with Gasteiger partial charge in [0.05, 0.1) is 12.1 Å². The Morgan fingerprint density at radius 3 is 2.75 bits per heavy atom. The van der Waals surface area contributed by atoms with Crippen molar-refractivity contribution in [3.8, 4) is 11.5 Å². The second-order valence-electron chi connectivity index (χ2n) is 6.05. The van der Waals surface area contributed by atoms with Gasteiger partial charge in [-0.05, 0) is 35.9 Å². The van der Waals surface area contributed by atoms with Crippen LogP contribution < -0.4 is 14.8 Å². The summed E-state index contributed by atoms with van der Waals surface area (Å²) in [4.78, 5) is 4.12. The van der Waals surface area contributed by atoms with E-state index in [0.717, 1.165) is 15.6 Å². The standard InChI is InChI=1S/C21H19BrClFN2O2/c1-27-20-7-6-18(22)17(12-26-11-14-3-2-8-25-10-14)21(20)28-13-15-4-5-16(24)9-19(15)23/h2-10,26H,11-13H2,1H3. The Labute approximate surface area is 176 Å². The van der Waals surface area contributed by atoms with Crippen molar-refractivity contribution in [2.45, 2.75) is 19.7 Å². The number of methoxy groups -OCH3 is 1. The zero-order chi connectivity index (χ0) is 19.9. The second-order valence-corrected chi connectivity index (χ2v) is 7.31. The molecule has 0 saturated heterocycles. The summed E-state index contributed by atoms with van der Waals surface area (Å²) < 4.78 is 25.7. The lowest BCUT2D eigenvalue weighted by Crippen LogP contribution is -2.14. The molecule has 3 rings (SSSR count). The van der Waals surface area contributed by atoms with Crippen LogP contribution in [0.2, 0.25) is 5.02 Å². The quantitative estimate of drug-likeness (QED) is 0.476. The molecule has 3 aromatic rings. The molecule has 0 aliphatic rings. The van der Waals surface area contributed by atoms with Gasteiger partial charge in [0.2, 0.25) is 0 Å². The highest BCUT2D eigenvalue weighted by Gasteiger charge is 2.15. The minimum Gasteiger partial charge on any atom is -0.493 e. The van der Waals surface area contributed by atoms with Crippen LogP contribution in [-0.4, -0.2) is 12.1 Å². The Morgan fingerprint density at radius 1 is 1.18 bits per heavy atom. The molecule has 0 aliphatic carbocycles. The molecule has 1 heterocycles. The number of pyridine rings is 1. The van der Waals surface area contributed by atoms with Crippen molar-refractivity contribution >= 4 is 27.5 Å². The molecule has 2 aromatic carbocycles. The van der Waals surface area contributed by atoms with E-state index in [4.69, 9.17) is 21.1 Å². The Bertz CT molecular complexity index is 941. The lowest BCUT2D eigenvalue weighted by molar-refractivity contribution is 0.280. The molecule has 0 bridgehead atoms. The maximum Gasteiger partial charge on any atom is 0.167 e. The summed E-state index contributed by atoms with van der Waals surface area (Å²) in [5.41, 5.74) is 2.70. The third-order valence-corrected chi connectivity index (χ3v) is 5.22. The predicted octanol–water partition coefficient (Wildman–Crippen LogP) is 5.51. The maximum atomic E-state index is 13.3. The van der Waals surface area contributed by atoms with Crippen LogP contribution in [0.5, 0.6) is 11.5 Å². The van der Waals surface area contributed by atoms with E-state index in [2.05, 4.69) is 26.2 Å². The summed E-state index contributed by atoms with van der Waals surface area (Å²) in [7, 11) is 1.59. The molecule has 1 aromatic heterocycles. The minimum atomic E-state index is -0.380. The number of rotatable bonds is 8. The van der Waals surface area contributed by atoms with Crippen molar-refractivity contribution < 1.29 is 13.9 Å². The SMILES string of the molecule is COc1ccc(Br)c(CNCc2cccnc2)c1OCc1ccc(F)cc1Cl. The van der Waals surface area contributed by atoms with Gasteiger partial charge in [0, 0.05) is 41.1 Å². The topological polar surface area (TPSA) is 43.4 Å². The van der Waals surface area contributed by atoms with Gasteiger partial charge in [-0.25, -0.2) is 4.39 Å². The Hall–Kier alpha value is -2.15. The fourth-order valence-electron chi connectivity index (χ4n) is 2.69. The number of hydrogen-bond donors (Lipinski definition) is 1. The van der Waals surface area contributed by atoms with E-state index in [1.54, 1.807) is 19.4 Å². The van der Waals surface area contributed by atoms with Crippen LogP contribution in [0.15, 0.2) is 59.3 Å². The van der Waals surface area contributed by atoms with Crippen LogP contribution in [0, 0.1) is 5.82 Å². The van der Waals surface area contributed by atoms with E-state index in [1.807, 2.05) is 30.5 Å². The fourth-order valence-corrected chi connectivity index (χ4v) is 3.36. The summed E-state index contributed by atoms with van der Waals surface area (Å²) in [5, 5.41) is 3.71. The molecular formula is C21H19BrClFN2O2. The zero-order valence-corrected chi connectivity index (χ0v) is 17.6. The molecule has 0 radical (unpaired) electrons. The molecule has 0 saturated carbocycles. The van der Waals surface area contributed by atoms with Gasteiger partial charge in [-0.3, -0.25) is 4.98 Å². The van der Waals surface area contributed by atoms with Crippen LogP contribution in [0.3, 0.4) is 0 Å². The number of halogens is 3. The minimum absolute atomic E-state index is 0.196. The Morgan fingerprint density at radius 2 is 2.04 bits per heavy atom. The van der Waals surface area contributed by atoms with Crippen molar-refractivity contribution in [2.75, 3.05) is 7.11 Å². The van der Waals surface area contributed by atoms with E-state index >= 15 is 0 Å². The third-order valence-electron chi connectivity index (χ3n) is 4.13. The summed E-state index contributed by atoms with van der Waals surface area (Å²) in [6.45, 7) is 1.42. The van der Waals surface area contributed by atoms with Gasteiger partial charge in [0.15, 0.2) is 11.5 Å². The molecule has 0 spiro atoms. The van der Waals surface area contributed by atoms with Crippen molar-refractivity contribution in [3.63, 3.8) is 0 Å². The van der Waals surface area contributed by atoms with Gasteiger partial charge in [-0.15, -0.1) is 0 Å². The first-order valence-corrected chi connectivity index (χ1v) is 9.77. The first kappa shape index (κ1) is 20.6.